The fraction of sp³-hybridized carbons (Fsp3) is 0.636. The lowest BCUT2D eigenvalue weighted by atomic mass is 10.2. The molecule has 0 saturated carbocycles. The summed E-state index contributed by atoms with van der Waals surface area (Å²) in [5.41, 5.74) is 1.02. The first-order valence-corrected chi connectivity index (χ1v) is 5.95. The maximum atomic E-state index is 11.8. The molecule has 1 aliphatic rings. The van der Waals surface area contributed by atoms with Crippen LogP contribution in [0.4, 0.5) is 5.82 Å². The SMILES string of the molecule is CCCc1cc(NC(=O)C2CC(O)CN2)n[nH]1. The quantitative estimate of drug-likeness (QED) is 0.595. The number of nitrogens with zero attached hydrogens (tertiary/aromatic N) is 1. The minimum Gasteiger partial charge on any atom is -0.392 e. The van der Waals surface area contributed by atoms with E-state index in [-0.39, 0.29) is 11.9 Å². The van der Waals surface area contributed by atoms with Gasteiger partial charge < -0.3 is 15.7 Å². The molecule has 2 rings (SSSR count). The number of amides is 1. The van der Waals surface area contributed by atoms with E-state index in [0.717, 1.165) is 18.5 Å². The molecule has 0 aliphatic carbocycles. The van der Waals surface area contributed by atoms with Gasteiger partial charge in [0.1, 0.15) is 0 Å². The van der Waals surface area contributed by atoms with Crippen LogP contribution in [0.1, 0.15) is 25.5 Å². The molecule has 1 saturated heterocycles. The lowest BCUT2D eigenvalue weighted by Crippen LogP contribution is -2.35. The van der Waals surface area contributed by atoms with Crippen LogP contribution < -0.4 is 10.6 Å². The zero-order valence-electron chi connectivity index (χ0n) is 9.86. The number of carbonyl (C=O) groups excluding carboxylic acids is 1. The molecule has 6 nitrogen and oxygen atoms in total. The topological polar surface area (TPSA) is 90.0 Å². The Kier molecular flexibility index (Phi) is 3.75. The van der Waals surface area contributed by atoms with Crippen molar-refractivity contribution in [1.82, 2.24) is 15.5 Å². The summed E-state index contributed by atoms with van der Waals surface area (Å²) in [6.45, 7) is 2.56. The van der Waals surface area contributed by atoms with E-state index < -0.39 is 6.10 Å². The first-order valence-electron chi connectivity index (χ1n) is 5.95. The number of aromatic nitrogens is 2. The number of rotatable bonds is 4. The molecule has 17 heavy (non-hydrogen) atoms. The molecule has 2 atom stereocenters. The summed E-state index contributed by atoms with van der Waals surface area (Å²) in [7, 11) is 0. The van der Waals surface area contributed by atoms with Crippen LogP contribution in [0, 0.1) is 0 Å². The minimum atomic E-state index is -0.430. The summed E-state index contributed by atoms with van der Waals surface area (Å²) in [5.74, 6) is 0.401. The van der Waals surface area contributed by atoms with Gasteiger partial charge in [0.05, 0.1) is 12.1 Å². The predicted molar refractivity (Wildman–Crippen MR) is 63.6 cm³/mol. The third-order valence-electron chi connectivity index (χ3n) is 2.83. The third kappa shape index (κ3) is 3.04. The van der Waals surface area contributed by atoms with Gasteiger partial charge in [-0.2, -0.15) is 5.10 Å². The Labute approximate surface area is 99.8 Å². The highest BCUT2D eigenvalue weighted by Crippen LogP contribution is 2.11. The number of aromatic amines is 1. The van der Waals surface area contributed by atoms with Gasteiger partial charge in [0.2, 0.25) is 5.91 Å². The van der Waals surface area contributed by atoms with Gasteiger partial charge in [-0.25, -0.2) is 0 Å². The summed E-state index contributed by atoms with van der Waals surface area (Å²) < 4.78 is 0. The fourth-order valence-electron chi connectivity index (χ4n) is 1.95. The number of hydrogen-bond donors (Lipinski definition) is 4. The number of nitrogens with one attached hydrogen (secondary N) is 3. The average Bonchev–Trinajstić information content (AvgIpc) is 2.88. The lowest BCUT2D eigenvalue weighted by Gasteiger charge is -2.08. The predicted octanol–water partition coefficient (Wildman–Crippen LogP) is 0.0235. The van der Waals surface area contributed by atoms with Gasteiger partial charge in [0.15, 0.2) is 5.82 Å². The highest BCUT2D eigenvalue weighted by Gasteiger charge is 2.28. The molecule has 1 aliphatic heterocycles. The van der Waals surface area contributed by atoms with Crippen molar-refractivity contribution in [3.63, 3.8) is 0 Å². The monoisotopic (exact) mass is 238 g/mol. The molecule has 1 aromatic rings. The first-order chi connectivity index (χ1) is 8.19. The fourth-order valence-corrected chi connectivity index (χ4v) is 1.95. The first kappa shape index (κ1) is 12.1. The van der Waals surface area contributed by atoms with Crippen LogP contribution in [0.3, 0.4) is 0 Å². The van der Waals surface area contributed by atoms with Gasteiger partial charge in [-0.3, -0.25) is 9.89 Å². The molecule has 1 fully saturated rings. The summed E-state index contributed by atoms with van der Waals surface area (Å²) in [6.07, 6.45) is 1.98. The van der Waals surface area contributed by atoms with Crippen molar-refractivity contribution in [1.29, 1.82) is 0 Å². The van der Waals surface area contributed by atoms with Gasteiger partial charge in [-0.15, -0.1) is 0 Å². The van der Waals surface area contributed by atoms with Crippen LogP contribution in [0.2, 0.25) is 0 Å². The van der Waals surface area contributed by atoms with Crippen molar-refractivity contribution in [2.75, 3.05) is 11.9 Å². The number of aryl methyl sites for hydroxylation is 1. The molecule has 2 unspecified atom stereocenters. The van der Waals surface area contributed by atoms with Gasteiger partial charge in [0.25, 0.3) is 0 Å². The average molecular weight is 238 g/mol. The summed E-state index contributed by atoms with van der Waals surface area (Å²) in [5, 5.41) is 21.9. The Hall–Kier alpha value is -1.40. The second-order valence-electron chi connectivity index (χ2n) is 4.37. The number of aliphatic hydroxyl groups excluding tert-OH is 1. The molecule has 0 aromatic carbocycles. The van der Waals surface area contributed by atoms with E-state index >= 15 is 0 Å². The molecule has 0 spiro atoms. The molecule has 6 heteroatoms. The van der Waals surface area contributed by atoms with Crippen molar-refractivity contribution in [3.8, 4) is 0 Å². The van der Waals surface area contributed by atoms with Gasteiger partial charge >= 0.3 is 0 Å². The standard InChI is InChI=1S/C11H18N4O2/c1-2-3-7-4-10(15-14-7)13-11(17)9-5-8(16)6-12-9/h4,8-9,12,16H,2-3,5-6H2,1H3,(H2,13,14,15,17). The van der Waals surface area contributed by atoms with Gasteiger partial charge in [-0.05, 0) is 12.8 Å². The van der Waals surface area contributed by atoms with E-state index in [9.17, 15) is 9.90 Å². The Morgan fingerprint density at radius 2 is 2.53 bits per heavy atom. The maximum Gasteiger partial charge on any atom is 0.242 e. The number of H-pyrrole nitrogens is 1. The van der Waals surface area contributed by atoms with Crippen molar-refractivity contribution in [2.45, 2.75) is 38.3 Å². The summed E-state index contributed by atoms with van der Waals surface area (Å²) in [4.78, 5) is 11.8. The van der Waals surface area contributed by atoms with Gasteiger partial charge in [0, 0.05) is 18.3 Å². The molecule has 0 bridgehead atoms. The molecule has 1 aromatic heterocycles. The normalized spacial score (nSPS) is 23.9. The van der Waals surface area contributed by atoms with Gasteiger partial charge in [-0.1, -0.05) is 13.3 Å². The van der Waals surface area contributed by atoms with E-state index in [0.29, 0.717) is 18.8 Å². The van der Waals surface area contributed by atoms with Crippen LogP contribution in [0.15, 0.2) is 6.07 Å². The molecule has 2 heterocycles. The van der Waals surface area contributed by atoms with Crippen molar-refractivity contribution in [3.05, 3.63) is 11.8 Å². The van der Waals surface area contributed by atoms with E-state index in [1.54, 1.807) is 0 Å². The highest BCUT2D eigenvalue weighted by molar-refractivity contribution is 5.94. The second-order valence-corrected chi connectivity index (χ2v) is 4.37. The number of aliphatic hydroxyl groups is 1. The van der Waals surface area contributed by atoms with Crippen LogP contribution in [0.5, 0.6) is 0 Å². The maximum absolute atomic E-state index is 11.8. The number of carbonyl (C=O) groups is 1. The second kappa shape index (κ2) is 5.29. The molecular formula is C11H18N4O2. The van der Waals surface area contributed by atoms with Crippen LogP contribution >= 0.6 is 0 Å². The Morgan fingerprint density at radius 1 is 1.71 bits per heavy atom. The van der Waals surface area contributed by atoms with Crippen molar-refractivity contribution >= 4 is 11.7 Å². The minimum absolute atomic E-state index is 0.143. The molecule has 1 amide bonds. The van der Waals surface area contributed by atoms with E-state index in [1.807, 2.05) is 6.07 Å². The van der Waals surface area contributed by atoms with E-state index in [4.69, 9.17) is 0 Å². The summed E-state index contributed by atoms with van der Waals surface area (Å²) >= 11 is 0. The highest BCUT2D eigenvalue weighted by atomic mass is 16.3. The molecule has 0 radical (unpaired) electrons. The third-order valence-corrected chi connectivity index (χ3v) is 2.83. The Bertz CT molecular complexity index is 391. The van der Waals surface area contributed by atoms with Crippen LogP contribution in [-0.4, -0.2) is 39.9 Å². The smallest absolute Gasteiger partial charge is 0.242 e. The Morgan fingerprint density at radius 3 is 3.18 bits per heavy atom. The zero-order chi connectivity index (χ0) is 12.3. The van der Waals surface area contributed by atoms with Crippen LogP contribution in [-0.2, 0) is 11.2 Å². The molecular weight excluding hydrogens is 220 g/mol. The lowest BCUT2D eigenvalue weighted by molar-refractivity contribution is -0.118. The van der Waals surface area contributed by atoms with Crippen LogP contribution in [0.25, 0.3) is 0 Å². The molecule has 4 N–H and O–H groups in total. The number of β-amino-alcohol motifs (C(OH)–C–C–N with tert-alkyl or cyclic N) is 1. The summed E-state index contributed by atoms with van der Waals surface area (Å²) in [6, 6.07) is 1.52. The van der Waals surface area contributed by atoms with E-state index in [1.165, 1.54) is 0 Å². The van der Waals surface area contributed by atoms with E-state index in [2.05, 4.69) is 27.8 Å². The number of anilines is 1. The zero-order valence-corrected chi connectivity index (χ0v) is 9.86. The molecule has 94 valence electrons. The number of hydrogen-bond acceptors (Lipinski definition) is 4. The largest absolute Gasteiger partial charge is 0.392 e. The Balaban J connectivity index is 1.89. The van der Waals surface area contributed by atoms with Crippen molar-refractivity contribution < 1.29 is 9.90 Å². The van der Waals surface area contributed by atoms with Crippen molar-refractivity contribution in [2.24, 2.45) is 0 Å².